The lowest BCUT2D eigenvalue weighted by Crippen LogP contribution is -2.13. The van der Waals surface area contributed by atoms with Gasteiger partial charge in [-0.15, -0.1) is 10.2 Å². The van der Waals surface area contributed by atoms with E-state index < -0.39 is 10.8 Å². The summed E-state index contributed by atoms with van der Waals surface area (Å²) in [6.45, 7) is 3.32. The Hall–Kier alpha value is -3.75. The second kappa shape index (κ2) is 9.59. The maximum Gasteiger partial charge on any atom is 0.293 e. The van der Waals surface area contributed by atoms with Gasteiger partial charge in [0.05, 0.1) is 4.92 Å². The molecule has 2 heterocycles. The first-order valence-electron chi connectivity index (χ1n) is 10.9. The normalized spacial score (nSPS) is 13.5. The van der Waals surface area contributed by atoms with Gasteiger partial charge in [-0.1, -0.05) is 12.8 Å². The first-order chi connectivity index (χ1) is 15.6. The molecular weight excluding hydrogens is 408 g/mol. The molecule has 0 fully saturated rings. The first-order valence-corrected chi connectivity index (χ1v) is 10.9. The number of nitro groups is 1. The number of carbonyl (C=O) groups is 1. The van der Waals surface area contributed by atoms with Crippen molar-refractivity contribution < 1.29 is 9.72 Å². The summed E-state index contributed by atoms with van der Waals surface area (Å²) in [6.07, 6.45) is 5.65. The second-order valence-electron chi connectivity index (χ2n) is 7.81. The monoisotopic (exact) mass is 434 g/mol. The van der Waals surface area contributed by atoms with Gasteiger partial charge in [0.25, 0.3) is 11.6 Å². The highest BCUT2D eigenvalue weighted by Gasteiger charge is 2.18. The van der Waals surface area contributed by atoms with Gasteiger partial charge in [-0.25, -0.2) is 0 Å². The van der Waals surface area contributed by atoms with Crippen LogP contribution in [-0.4, -0.2) is 32.1 Å². The number of aromatic nitrogens is 3. The van der Waals surface area contributed by atoms with Crippen molar-refractivity contribution in [3.63, 3.8) is 0 Å². The molecule has 2 N–H and O–H groups in total. The summed E-state index contributed by atoms with van der Waals surface area (Å²) in [4.78, 5) is 23.5. The van der Waals surface area contributed by atoms with Crippen molar-refractivity contribution in [3.8, 4) is 11.4 Å². The Kier molecular flexibility index (Phi) is 6.44. The molecule has 1 aliphatic rings. The maximum atomic E-state index is 12.7. The number of benzene rings is 2. The smallest absolute Gasteiger partial charge is 0.293 e. The van der Waals surface area contributed by atoms with Gasteiger partial charge in [-0.2, -0.15) is 0 Å². The minimum absolute atomic E-state index is 0.127. The molecule has 0 bridgehead atoms. The number of hydrogen-bond acceptors (Lipinski definition) is 6. The van der Waals surface area contributed by atoms with Gasteiger partial charge < -0.3 is 15.2 Å². The molecule has 0 saturated heterocycles. The van der Waals surface area contributed by atoms with Gasteiger partial charge in [-0.3, -0.25) is 14.9 Å². The van der Waals surface area contributed by atoms with Crippen LogP contribution in [0, 0.1) is 10.1 Å². The number of nitrogens with zero attached hydrogens (tertiary/aromatic N) is 4. The minimum Gasteiger partial charge on any atom is -0.380 e. The number of aryl methyl sites for hydroxylation is 1. The molecule has 0 radical (unpaired) electrons. The van der Waals surface area contributed by atoms with Crippen LogP contribution >= 0.6 is 0 Å². The fourth-order valence-corrected chi connectivity index (χ4v) is 3.95. The van der Waals surface area contributed by atoms with Gasteiger partial charge in [0, 0.05) is 42.4 Å². The Bertz CT molecular complexity index is 1120. The zero-order chi connectivity index (χ0) is 22.5. The molecule has 0 unspecified atom stereocenters. The van der Waals surface area contributed by atoms with Gasteiger partial charge in [0.1, 0.15) is 11.5 Å². The molecule has 3 aromatic rings. The molecule has 1 amide bonds. The average molecular weight is 435 g/mol. The summed E-state index contributed by atoms with van der Waals surface area (Å²) in [5, 5.41) is 25.8. The van der Waals surface area contributed by atoms with Crippen molar-refractivity contribution in [1.82, 2.24) is 14.8 Å². The van der Waals surface area contributed by atoms with Crippen LogP contribution in [-0.2, 0) is 13.0 Å². The molecule has 0 saturated carbocycles. The van der Waals surface area contributed by atoms with Crippen molar-refractivity contribution in [2.24, 2.45) is 0 Å². The standard InChI is InChI=1S/C23H26N6O3/c1-2-24-19-13-10-17(15-20(19)29(31)32)23(30)25-18-11-8-16(9-12-18)22-27-26-21-7-5-3-4-6-14-28(21)22/h8-13,15,24H,2-7,14H2,1H3,(H,25,30). The van der Waals surface area contributed by atoms with Gasteiger partial charge in [0.15, 0.2) is 5.82 Å². The van der Waals surface area contributed by atoms with E-state index >= 15 is 0 Å². The summed E-state index contributed by atoms with van der Waals surface area (Å²) in [5.41, 5.74) is 2.03. The van der Waals surface area contributed by atoms with Crippen LogP contribution in [0.15, 0.2) is 42.5 Å². The van der Waals surface area contributed by atoms with Crippen LogP contribution in [0.25, 0.3) is 11.4 Å². The predicted molar refractivity (Wildman–Crippen MR) is 123 cm³/mol. The summed E-state index contributed by atoms with van der Waals surface area (Å²) < 4.78 is 2.19. The minimum atomic E-state index is -0.493. The Morgan fingerprint density at radius 2 is 1.88 bits per heavy atom. The van der Waals surface area contributed by atoms with Crippen molar-refractivity contribution in [2.45, 2.75) is 45.6 Å². The van der Waals surface area contributed by atoms with E-state index in [-0.39, 0.29) is 11.3 Å². The van der Waals surface area contributed by atoms with Crippen LogP contribution in [0.2, 0.25) is 0 Å². The van der Waals surface area contributed by atoms with E-state index in [1.807, 2.05) is 19.1 Å². The zero-order valence-electron chi connectivity index (χ0n) is 18.0. The van der Waals surface area contributed by atoms with E-state index in [0.29, 0.717) is 17.9 Å². The van der Waals surface area contributed by atoms with E-state index in [1.165, 1.54) is 18.9 Å². The quantitative estimate of drug-likeness (QED) is 0.431. The van der Waals surface area contributed by atoms with E-state index in [1.54, 1.807) is 24.3 Å². The third-order valence-electron chi connectivity index (χ3n) is 5.58. The topological polar surface area (TPSA) is 115 Å². The van der Waals surface area contributed by atoms with E-state index in [4.69, 9.17) is 0 Å². The number of rotatable bonds is 6. The highest BCUT2D eigenvalue weighted by atomic mass is 16.6. The molecule has 0 aliphatic carbocycles. The summed E-state index contributed by atoms with van der Waals surface area (Å²) >= 11 is 0. The highest BCUT2D eigenvalue weighted by Crippen LogP contribution is 2.27. The molecule has 2 aromatic carbocycles. The van der Waals surface area contributed by atoms with E-state index in [2.05, 4.69) is 25.4 Å². The Morgan fingerprint density at radius 3 is 2.62 bits per heavy atom. The van der Waals surface area contributed by atoms with Crippen LogP contribution in [0.5, 0.6) is 0 Å². The Labute approximate surface area is 186 Å². The van der Waals surface area contributed by atoms with Crippen LogP contribution in [0.4, 0.5) is 17.1 Å². The number of nitrogens with one attached hydrogen (secondary N) is 2. The number of amides is 1. The molecule has 9 nitrogen and oxygen atoms in total. The van der Waals surface area contributed by atoms with Gasteiger partial charge in [0.2, 0.25) is 0 Å². The largest absolute Gasteiger partial charge is 0.380 e. The Morgan fingerprint density at radius 1 is 1.09 bits per heavy atom. The molecule has 4 rings (SSSR count). The summed E-state index contributed by atoms with van der Waals surface area (Å²) in [5.74, 6) is 1.46. The SMILES string of the molecule is CCNc1ccc(C(=O)Nc2ccc(-c3nnc4n3CCCCCC4)cc2)cc1[N+](=O)[O-]. The molecular formula is C23H26N6O3. The zero-order valence-corrected chi connectivity index (χ0v) is 18.0. The summed E-state index contributed by atoms with van der Waals surface area (Å²) in [6, 6.07) is 11.8. The van der Waals surface area contributed by atoms with Gasteiger partial charge >= 0.3 is 0 Å². The molecule has 166 valence electrons. The van der Waals surface area contributed by atoms with Crippen molar-refractivity contribution in [3.05, 3.63) is 64.0 Å². The number of nitro benzene ring substituents is 1. The van der Waals surface area contributed by atoms with Crippen molar-refractivity contribution in [2.75, 3.05) is 17.2 Å². The van der Waals surface area contributed by atoms with Crippen LogP contribution < -0.4 is 10.6 Å². The molecule has 32 heavy (non-hydrogen) atoms. The van der Waals surface area contributed by atoms with Crippen molar-refractivity contribution >= 4 is 23.0 Å². The molecule has 0 atom stereocenters. The molecule has 1 aliphatic heterocycles. The van der Waals surface area contributed by atoms with E-state index in [0.717, 1.165) is 43.0 Å². The lowest BCUT2D eigenvalue weighted by Gasteiger charge is -2.13. The lowest BCUT2D eigenvalue weighted by atomic mass is 10.1. The lowest BCUT2D eigenvalue weighted by molar-refractivity contribution is -0.384. The fraction of sp³-hybridized carbons (Fsp3) is 0.348. The second-order valence-corrected chi connectivity index (χ2v) is 7.81. The summed E-state index contributed by atoms with van der Waals surface area (Å²) in [7, 11) is 0. The van der Waals surface area contributed by atoms with Gasteiger partial charge in [-0.05, 0) is 56.2 Å². The third kappa shape index (κ3) is 4.61. The van der Waals surface area contributed by atoms with Crippen LogP contribution in [0.3, 0.4) is 0 Å². The molecule has 9 heteroatoms. The Balaban J connectivity index is 1.50. The number of hydrogen-bond donors (Lipinski definition) is 2. The number of anilines is 2. The predicted octanol–water partition coefficient (Wildman–Crippen LogP) is 4.65. The first kappa shape index (κ1) is 21.5. The molecule has 1 aromatic heterocycles. The third-order valence-corrected chi connectivity index (χ3v) is 5.58. The molecule has 0 spiro atoms. The fourth-order valence-electron chi connectivity index (χ4n) is 3.95. The van der Waals surface area contributed by atoms with E-state index in [9.17, 15) is 14.9 Å². The van der Waals surface area contributed by atoms with Crippen LogP contribution in [0.1, 0.15) is 48.8 Å². The van der Waals surface area contributed by atoms with Crippen molar-refractivity contribution in [1.29, 1.82) is 0 Å². The maximum absolute atomic E-state index is 12.7. The average Bonchev–Trinajstić information content (AvgIpc) is 3.16. The number of carbonyl (C=O) groups excluding carboxylic acids is 1. The number of fused-ring (bicyclic) bond motifs is 1. The highest BCUT2D eigenvalue weighted by molar-refractivity contribution is 6.05.